The molecule has 0 unspecified atom stereocenters. The first-order chi connectivity index (χ1) is 12.0. The summed E-state index contributed by atoms with van der Waals surface area (Å²) in [7, 11) is 0. The van der Waals surface area contributed by atoms with Crippen LogP contribution >= 0.6 is 0 Å². The fraction of sp³-hybridized carbons (Fsp3) is 0.444. The molecule has 7 nitrogen and oxygen atoms in total. The maximum atomic E-state index is 12.8. The summed E-state index contributed by atoms with van der Waals surface area (Å²) in [5, 5.41) is 12.7. The van der Waals surface area contributed by atoms with Gasteiger partial charge >= 0.3 is 5.97 Å². The number of aromatic nitrogens is 2. The lowest BCUT2D eigenvalue weighted by molar-refractivity contribution is -0.137. The molecule has 1 aromatic heterocycles. The number of amides is 1. The largest absolute Gasteiger partial charge is 0.481 e. The normalized spacial score (nSPS) is 17.5. The standard InChI is InChI=1S/C18H21N3O4/c1-12-19-17(25-20-12)13-5-7-14(8-6-13)18(24)21-11-3-2-4-15(21)9-10-16(22)23/h5-8,15H,2-4,9-11H2,1H3,(H,22,23)/t15-/m1/s1. The third-order valence-corrected chi connectivity index (χ3v) is 4.49. The zero-order valence-corrected chi connectivity index (χ0v) is 14.1. The Bertz CT molecular complexity index is 754. The first kappa shape index (κ1) is 17.1. The van der Waals surface area contributed by atoms with Crippen molar-refractivity contribution in [2.24, 2.45) is 0 Å². The van der Waals surface area contributed by atoms with E-state index >= 15 is 0 Å². The average Bonchev–Trinajstić information content (AvgIpc) is 3.06. The zero-order chi connectivity index (χ0) is 17.8. The number of benzene rings is 1. The van der Waals surface area contributed by atoms with Crippen molar-refractivity contribution >= 4 is 11.9 Å². The number of nitrogens with zero attached hydrogens (tertiary/aromatic N) is 3. The minimum Gasteiger partial charge on any atom is -0.481 e. The number of carboxylic acid groups (broad SMARTS) is 1. The van der Waals surface area contributed by atoms with Crippen LogP contribution in [0, 0.1) is 6.92 Å². The highest BCUT2D eigenvalue weighted by Crippen LogP contribution is 2.24. The Labute approximate surface area is 145 Å². The summed E-state index contributed by atoms with van der Waals surface area (Å²) < 4.78 is 5.13. The van der Waals surface area contributed by atoms with E-state index in [9.17, 15) is 9.59 Å². The van der Waals surface area contributed by atoms with Gasteiger partial charge in [0.25, 0.3) is 11.8 Å². The maximum absolute atomic E-state index is 12.8. The van der Waals surface area contributed by atoms with E-state index in [2.05, 4.69) is 10.1 Å². The third kappa shape index (κ3) is 4.04. The molecule has 2 heterocycles. The Morgan fingerprint density at radius 3 is 2.68 bits per heavy atom. The number of carboxylic acids is 1. The van der Waals surface area contributed by atoms with Crippen LogP contribution in [0.3, 0.4) is 0 Å². The zero-order valence-electron chi connectivity index (χ0n) is 14.1. The first-order valence-corrected chi connectivity index (χ1v) is 8.48. The van der Waals surface area contributed by atoms with Crippen molar-refractivity contribution in [1.29, 1.82) is 0 Å². The summed E-state index contributed by atoms with van der Waals surface area (Å²) in [4.78, 5) is 29.7. The number of aliphatic carboxylic acids is 1. The topological polar surface area (TPSA) is 96.5 Å². The van der Waals surface area contributed by atoms with Gasteiger partial charge in [-0.25, -0.2) is 0 Å². The Morgan fingerprint density at radius 1 is 1.28 bits per heavy atom. The summed E-state index contributed by atoms with van der Waals surface area (Å²) in [5.74, 6) is 0.110. The molecule has 0 aliphatic carbocycles. The fourth-order valence-electron chi connectivity index (χ4n) is 3.19. The minimum absolute atomic E-state index is 0.00406. The van der Waals surface area contributed by atoms with Gasteiger partial charge in [-0.15, -0.1) is 0 Å². The van der Waals surface area contributed by atoms with Gasteiger partial charge in [-0.1, -0.05) is 5.16 Å². The minimum atomic E-state index is -0.822. The predicted molar refractivity (Wildman–Crippen MR) is 90.0 cm³/mol. The lowest BCUT2D eigenvalue weighted by atomic mass is 9.96. The van der Waals surface area contributed by atoms with E-state index in [1.165, 1.54) is 0 Å². The molecule has 3 rings (SSSR count). The first-order valence-electron chi connectivity index (χ1n) is 8.48. The van der Waals surface area contributed by atoms with Crippen LogP contribution in [0.4, 0.5) is 0 Å². The Morgan fingerprint density at radius 2 is 2.04 bits per heavy atom. The molecule has 1 saturated heterocycles. The molecular weight excluding hydrogens is 322 g/mol. The lowest BCUT2D eigenvalue weighted by Crippen LogP contribution is -2.43. The third-order valence-electron chi connectivity index (χ3n) is 4.49. The molecule has 1 aromatic carbocycles. The summed E-state index contributed by atoms with van der Waals surface area (Å²) in [6, 6.07) is 7.07. The molecule has 0 bridgehead atoms. The highest BCUT2D eigenvalue weighted by Gasteiger charge is 2.27. The van der Waals surface area contributed by atoms with Gasteiger partial charge in [0.15, 0.2) is 5.82 Å². The molecule has 1 amide bonds. The molecule has 1 atom stereocenters. The van der Waals surface area contributed by atoms with Crippen molar-refractivity contribution in [3.8, 4) is 11.5 Å². The van der Waals surface area contributed by atoms with Crippen molar-refractivity contribution in [1.82, 2.24) is 15.0 Å². The van der Waals surface area contributed by atoms with Gasteiger partial charge in [0.1, 0.15) is 0 Å². The quantitative estimate of drug-likeness (QED) is 0.896. The van der Waals surface area contributed by atoms with Crippen LogP contribution in [0.5, 0.6) is 0 Å². The molecule has 0 spiro atoms. The number of carbonyl (C=O) groups excluding carboxylic acids is 1. The number of likely N-dealkylation sites (tertiary alicyclic amines) is 1. The van der Waals surface area contributed by atoms with E-state index in [4.69, 9.17) is 9.63 Å². The summed E-state index contributed by atoms with van der Waals surface area (Å²) in [6.07, 6.45) is 3.43. The number of hydrogen-bond donors (Lipinski definition) is 1. The molecule has 1 aliphatic heterocycles. The Balaban J connectivity index is 1.73. The number of aryl methyl sites for hydroxylation is 1. The highest BCUT2D eigenvalue weighted by atomic mass is 16.5. The van der Waals surface area contributed by atoms with Crippen LogP contribution in [-0.4, -0.2) is 44.6 Å². The van der Waals surface area contributed by atoms with Gasteiger partial charge in [-0.2, -0.15) is 4.98 Å². The average molecular weight is 343 g/mol. The smallest absolute Gasteiger partial charge is 0.303 e. The summed E-state index contributed by atoms with van der Waals surface area (Å²) in [5.41, 5.74) is 1.35. The second kappa shape index (κ2) is 7.46. The summed E-state index contributed by atoms with van der Waals surface area (Å²) in [6.45, 7) is 2.42. The van der Waals surface area contributed by atoms with Gasteiger partial charge in [0.2, 0.25) is 0 Å². The van der Waals surface area contributed by atoms with E-state index in [1.54, 1.807) is 31.2 Å². The lowest BCUT2D eigenvalue weighted by Gasteiger charge is -2.35. The fourth-order valence-corrected chi connectivity index (χ4v) is 3.19. The molecule has 7 heteroatoms. The number of carbonyl (C=O) groups is 2. The van der Waals surface area contributed by atoms with Gasteiger partial charge < -0.3 is 14.5 Å². The Kier molecular flexibility index (Phi) is 5.11. The van der Waals surface area contributed by atoms with E-state index in [1.807, 2.05) is 4.90 Å². The van der Waals surface area contributed by atoms with Crippen LogP contribution < -0.4 is 0 Å². The highest BCUT2D eigenvalue weighted by molar-refractivity contribution is 5.95. The van der Waals surface area contributed by atoms with Crippen molar-refractivity contribution in [2.45, 2.75) is 45.1 Å². The van der Waals surface area contributed by atoms with Crippen LogP contribution in [-0.2, 0) is 4.79 Å². The Hall–Kier alpha value is -2.70. The van der Waals surface area contributed by atoms with Crippen LogP contribution in [0.25, 0.3) is 11.5 Å². The van der Waals surface area contributed by atoms with E-state index in [0.717, 1.165) is 24.8 Å². The van der Waals surface area contributed by atoms with Crippen molar-refractivity contribution in [3.63, 3.8) is 0 Å². The van der Waals surface area contributed by atoms with Crippen molar-refractivity contribution < 1.29 is 19.2 Å². The monoisotopic (exact) mass is 343 g/mol. The predicted octanol–water partition coefficient (Wildman–Crippen LogP) is 2.90. The molecular formula is C18H21N3O4. The van der Waals surface area contributed by atoms with Crippen molar-refractivity contribution in [2.75, 3.05) is 6.54 Å². The second-order valence-corrected chi connectivity index (χ2v) is 6.30. The molecule has 1 N–H and O–H groups in total. The molecule has 0 radical (unpaired) electrons. The second-order valence-electron chi connectivity index (χ2n) is 6.30. The summed E-state index contributed by atoms with van der Waals surface area (Å²) >= 11 is 0. The molecule has 1 fully saturated rings. The van der Waals surface area contributed by atoms with E-state index < -0.39 is 5.97 Å². The van der Waals surface area contributed by atoms with E-state index in [-0.39, 0.29) is 18.4 Å². The van der Waals surface area contributed by atoms with Crippen LogP contribution in [0.2, 0.25) is 0 Å². The number of piperidine rings is 1. The molecule has 2 aromatic rings. The molecule has 25 heavy (non-hydrogen) atoms. The number of hydrogen-bond acceptors (Lipinski definition) is 5. The van der Waals surface area contributed by atoms with Gasteiger partial charge in [-0.05, 0) is 56.9 Å². The number of rotatable bonds is 5. The van der Waals surface area contributed by atoms with Gasteiger partial charge in [0, 0.05) is 30.1 Å². The molecule has 0 saturated carbocycles. The maximum Gasteiger partial charge on any atom is 0.303 e. The SMILES string of the molecule is Cc1noc(-c2ccc(C(=O)N3CCCC[C@@H]3CCC(=O)O)cc2)n1. The van der Waals surface area contributed by atoms with Crippen LogP contribution in [0.15, 0.2) is 28.8 Å². The van der Waals surface area contributed by atoms with Gasteiger partial charge in [0.05, 0.1) is 0 Å². The van der Waals surface area contributed by atoms with E-state index in [0.29, 0.717) is 30.2 Å². The van der Waals surface area contributed by atoms with Crippen molar-refractivity contribution in [3.05, 3.63) is 35.7 Å². The van der Waals surface area contributed by atoms with Crippen LogP contribution in [0.1, 0.15) is 48.3 Å². The molecule has 132 valence electrons. The van der Waals surface area contributed by atoms with Gasteiger partial charge in [-0.3, -0.25) is 9.59 Å². The molecule has 1 aliphatic rings.